The summed E-state index contributed by atoms with van der Waals surface area (Å²) in [6, 6.07) is 8.07. The van der Waals surface area contributed by atoms with Crippen molar-refractivity contribution >= 4 is 39.9 Å². The van der Waals surface area contributed by atoms with Gasteiger partial charge in [0, 0.05) is 6.54 Å². The van der Waals surface area contributed by atoms with Crippen molar-refractivity contribution in [3.63, 3.8) is 0 Å². The van der Waals surface area contributed by atoms with Crippen molar-refractivity contribution in [2.75, 3.05) is 25.6 Å². The first-order valence-electron chi connectivity index (χ1n) is 10.7. The van der Waals surface area contributed by atoms with Gasteiger partial charge in [-0.3, -0.25) is 4.90 Å². The summed E-state index contributed by atoms with van der Waals surface area (Å²) in [5.74, 6) is 0.768. The summed E-state index contributed by atoms with van der Waals surface area (Å²) in [6.45, 7) is 9.55. The average Bonchev–Trinajstić information content (AvgIpc) is 3.13. The Morgan fingerprint density at radius 2 is 1.69 bits per heavy atom. The summed E-state index contributed by atoms with van der Waals surface area (Å²) in [5, 5.41) is 8.62. The topological polar surface area (TPSA) is 52.4 Å². The first kappa shape index (κ1) is 24.8. The molecule has 29 heavy (non-hydrogen) atoms. The second-order valence-electron chi connectivity index (χ2n) is 7.05. The van der Waals surface area contributed by atoms with Gasteiger partial charge < -0.3 is 9.05 Å². The molecule has 0 unspecified atom stereocenters. The van der Waals surface area contributed by atoms with Crippen molar-refractivity contribution in [2.24, 2.45) is 0 Å². The van der Waals surface area contributed by atoms with E-state index in [1.54, 1.807) is 11.4 Å². The van der Waals surface area contributed by atoms with Gasteiger partial charge in [-0.1, -0.05) is 68.8 Å². The lowest BCUT2D eigenvalue weighted by atomic mass is 10.3. The third kappa shape index (κ3) is 8.64. The normalized spacial score (nSPS) is 12.3. The second kappa shape index (κ2) is 13.7. The maximum absolute atomic E-state index is 6.08. The van der Waals surface area contributed by atoms with Crippen LogP contribution in [0, 0.1) is 0 Å². The van der Waals surface area contributed by atoms with Gasteiger partial charge in [0.25, 0.3) is 0 Å². The van der Waals surface area contributed by atoms with Crippen LogP contribution in [0.15, 0.2) is 24.3 Å². The molecule has 2 rings (SSSR count). The lowest BCUT2D eigenvalue weighted by molar-refractivity contribution is 0.239. The van der Waals surface area contributed by atoms with Crippen molar-refractivity contribution in [3.8, 4) is 0 Å². The van der Waals surface area contributed by atoms with Gasteiger partial charge >= 0.3 is 0 Å². The maximum Gasteiger partial charge on any atom is 0.248 e. The zero-order chi connectivity index (χ0) is 21.0. The second-order valence-corrected chi connectivity index (χ2v) is 13.3. The largest absolute Gasteiger partial charge is 0.322 e. The molecule has 0 aliphatic rings. The number of benzene rings is 1. The van der Waals surface area contributed by atoms with Crippen LogP contribution >= 0.6 is 17.1 Å². The molecule has 0 saturated carbocycles. The number of aromatic nitrogens is 3. The van der Waals surface area contributed by atoms with E-state index in [9.17, 15) is 0 Å². The number of hydrogen-bond donors (Lipinski definition) is 0. The fraction of sp³-hybridized carbons (Fsp3) is 0.700. The van der Waals surface area contributed by atoms with Crippen LogP contribution in [0.1, 0.15) is 59.3 Å². The van der Waals surface area contributed by atoms with E-state index >= 15 is 0 Å². The summed E-state index contributed by atoms with van der Waals surface area (Å²) in [6.07, 6.45) is 6.49. The number of hydrogen-bond acceptors (Lipinski definition) is 7. The van der Waals surface area contributed by atoms with Crippen molar-refractivity contribution in [3.05, 3.63) is 24.3 Å². The summed E-state index contributed by atoms with van der Waals surface area (Å²) in [7, 11) is 0. The van der Waals surface area contributed by atoms with Gasteiger partial charge in [0.2, 0.25) is 5.69 Å². The summed E-state index contributed by atoms with van der Waals surface area (Å²) in [5.41, 5.74) is -0.364. The smallest absolute Gasteiger partial charge is 0.248 e. The van der Waals surface area contributed by atoms with E-state index < -0.39 is 5.69 Å². The predicted octanol–water partition coefficient (Wildman–Crippen LogP) is 6.04. The van der Waals surface area contributed by atoms with E-state index in [0.29, 0.717) is 19.9 Å². The molecule has 9 heteroatoms. The minimum absolute atomic E-state index is 0.676. The standard InChI is InChI=1S/C20H35N4O2PS2/c1-4-7-14-23(17-24-20-13-11-10-12-19(20)21-22-24)18-29-27(28,25-15-8-5-2)26-16-9-6-3/h10-13H,4-9,14-18H2,1-3H3. The van der Waals surface area contributed by atoms with Gasteiger partial charge in [0.05, 0.1) is 31.3 Å². The van der Waals surface area contributed by atoms with Crippen LogP contribution < -0.4 is 0 Å². The Labute approximate surface area is 184 Å². The van der Waals surface area contributed by atoms with Gasteiger partial charge in [-0.15, -0.1) is 5.10 Å². The molecule has 1 heterocycles. The lowest BCUT2D eigenvalue weighted by Gasteiger charge is -2.26. The maximum atomic E-state index is 6.08. The summed E-state index contributed by atoms with van der Waals surface area (Å²) < 4.78 is 14.1. The van der Waals surface area contributed by atoms with Crippen LogP contribution in [-0.4, -0.2) is 45.5 Å². The third-order valence-corrected chi connectivity index (χ3v) is 9.78. The number of para-hydroxylation sites is 1. The summed E-state index contributed by atoms with van der Waals surface area (Å²) in [4.78, 5) is 2.36. The Kier molecular flexibility index (Phi) is 11.7. The van der Waals surface area contributed by atoms with Crippen LogP contribution in [0.4, 0.5) is 0 Å². The monoisotopic (exact) mass is 458 g/mol. The molecule has 0 spiro atoms. The molecule has 0 amide bonds. The highest BCUT2D eigenvalue weighted by Gasteiger charge is 2.22. The van der Waals surface area contributed by atoms with E-state index in [4.69, 9.17) is 20.9 Å². The molecule has 0 saturated heterocycles. The third-order valence-electron chi connectivity index (χ3n) is 4.48. The molecule has 0 aliphatic heterocycles. The molecule has 1 aromatic carbocycles. The molecule has 2 aromatic rings. The van der Waals surface area contributed by atoms with Crippen LogP contribution in [0.2, 0.25) is 0 Å². The van der Waals surface area contributed by atoms with Crippen molar-refractivity contribution in [2.45, 2.75) is 66.0 Å². The SMILES string of the molecule is CCCCOP(=S)(OCCCC)SCN(CCCC)Cn1nnc2ccccc21. The average molecular weight is 459 g/mol. The van der Waals surface area contributed by atoms with Crippen molar-refractivity contribution in [1.82, 2.24) is 19.9 Å². The van der Waals surface area contributed by atoms with E-state index in [-0.39, 0.29) is 0 Å². The van der Waals surface area contributed by atoms with Crippen LogP contribution in [0.3, 0.4) is 0 Å². The Hall–Kier alpha value is -0.500. The zero-order valence-electron chi connectivity index (χ0n) is 18.0. The van der Waals surface area contributed by atoms with Crippen LogP contribution in [0.5, 0.6) is 0 Å². The Morgan fingerprint density at radius 3 is 2.34 bits per heavy atom. The molecule has 0 fully saturated rings. The molecule has 1 aromatic heterocycles. The highest BCUT2D eigenvalue weighted by Crippen LogP contribution is 2.61. The molecule has 0 radical (unpaired) electrons. The molecule has 0 bridgehead atoms. The minimum Gasteiger partial charge on any atom is -0.322 e. The highest BCUT2D eigenvalue weighted by molar-refractivity contribution is 8.67. The molecule has 164 valence electrons. The summed E-state index contributed by atoms with van der Waals surface area (Å²) >= 11 is 7.51. The van der Waals surface area contributed by atoms with Gasteiger partial charge in [-0.05, 0) is 43.2 Å². The number of nitrogens with zero attached hydrogens (tertiary/aromatic N) is 4. The van der Waals surface area contributed by atoms with Crippen molar-refractivity contribution < 1.29 is 9.05 Å². The molecule has 0 aliphatic carbocycles. The molecular formula is C20H35N4O2PS2. The van der Waals surface area contributed by atoms with Crippen LogP contribution in [-0.2, 0) is 27.5 Å². The molecule has 0 atom stereocenters. The van der Waals surface area contributed by atoms with E-state index in [2.05, 4.69) is 42.0 Å². The number of fused-ring (bicyclic) bond motifs is 1. The van der Waals surface area contributed by atoms with Crippen LogP contribution in [0.25, 0.3) is 11.0 Å². The highest BCUT2D eigenvalue weighted by atomic mass is 32.9. The fourth-order valence-electron chi connectivity index (χ4n) is 2.67. The van der Waals surface area contributed by atoms with Gasteiger partial charge in [-0.2, -0.15) is 0 Å². The van der Waals surface area contributed by atoms with E-state index in [1.165, 1.54) is 0 Å². The Balaban J connectivity index is 2.02. The first-order chi connectivity index (χ1) is 14.1. The fourth-order valence-corrected chi connectivity index (χ4v) is 6.80. The first-order valence-corrected chi connectivity index (χ1v) is 14.9. The molecule has 0 N–H and O–H groups in total. The van der Waals surface area contributed by atoms with E-state index in [0.717, 1.165) is 62.0 Å². The Bertz CT molecular complexity index is 745. The van der Waals surface area contributed by atoms with Crippen molar-refractivity contribution in [1.29, 1.82) is 0 Å². The predicted molar refractivity (Wildman–Crippen MR) is 128 cm³/mol. The van der Waals surface area contributed by atoms with Gasteiger partial charge in [-0.25, -0.2) is 4.68 Å². The number of unbranched alkanes of at least 4 members (excludes halogenated alkanes) is 3. The lowest BCUT2D eigenvalue weighted by Crippen LogP contribution is -2.28. The van der Waals surface area contributed by atoms with Gasteiger partial charge in [0.1, 0.15) is 5.52 Å². The van der Waals surface area contributed by atoms with Gasteiger partial charge in [0.15, 0.2) is 0 Å². The molecule has 6 nitrogen and oxygen atoms in total. The quantitative estimate of drug-likeness (QED) is 0.173. The zero-order valence-corrected chi connectivity index (χ0v) is 20.5. The molecular weight excluding hydrogens is 423 g/mol. The minimum atomic E-state index is -2.34. The Morgan fingerprint density at radius 1 is 1.03 bits per heavy atom. The number of rotatable bonds is 16. The van der Waals surface area contributed by atoms with E-state index in [1.807, 2.05) is 22.9 Å².